The Bertz CT molecular complexity index is 800. The number of benzene rings is 1. The highest BCUT2D eigenvalue weighted by Crippen LogP contribution is 2.29. The Kier molecular flexibility index (Phi) is 4.18. The Morgan fingerprint density at radius 2 is 1.95 bits per heavy atom. The van der Waals surface area contributed by atoms with Crippen LogP contribution in [0.1, 0.15) is 15.4 Å². The van der Waals surface area contributed by atoms with Crippen LogP contribution in [0.3, 0.4) is 0 Å². The summed E-state index contributed by atoms with van der Waals surface area (Å²) >= 11 is 7.24. The van der Waals surface area contributed by atoms with Crippen LogP contribution in [0, 0.1) is 6.92 Å². The molecule has 2 aromatic heterocycles. The maximum Gasteiger partial charge on any atom is 0.268 e. The Morgan fingerprint density at radius 3 is 2.64 bits per heavy atom. The van der Waals surface area contributed by atoms with E-state index >= 15 is 0 Å². The van der Waals surface area contributed by atoms with E-state index in [0.29, 0.717) is 21.4 Å². The van der Waals surface area contributed by atoms with Crippen LogP contribution in [0.15, 0.2) is 48.7 Å². The van der Waals surface area contributed by atoms with Crippen molar-refractivity contribution < 1.29 is 4.79 Å². The zero-order valence-electron chi connectivity index (χ0n) is 11.7. The van der Waals surface area contributed by atoms with Gasteiger partial charge in [-0.3, -0.25) is 4.79 Å². The van der Waals surface area contributed by atoms with Crippen LogP contribution in [0.2, 0.25) is 5.02 Å². The second kappa shape index (κ2) is 6.25. The molecular weight excluding hydrogens is 318 g/mol. The van der Waals surface area contributed by atoms with Crippen LogP contribution in [0.5, 0.6) is 0 Å². The SMILES string of the molecule is Cc1nc(-c2ccc(Cl)cc2)sc1C(=O)Nc1ccccn1. The molecule has 110 valence electrons. The number of amides is 1. The molecule has 0 aliphatic heterocycles. The summed E-state index contributed by atoms with van der Waals surface area (Å²) < 4.78 is 0. The summed E-state index contributed by atoms with van der Waals surface area (Å²) in [4.78, 5) is 21.5. The average molecular weight is 330 g/mol. The summed E-state index contributed by atoms with van der Waals surface area (Å²) in [6.45, 7) is 1.82. The molecule has 0 saturated heterocycles. The highest BCUT2D eigenvalue weighted by molar-refractivity contribution is 7.17. The van der Waals surface area contributed by atoms with Gasteiger partial charge in [-0.25, -0.2) is 9.97 Å². The molecule has 0 saturated carbocycles. The number of rotatable bonds is 3. The van der Waals surface area contributed by atoms with Crippen molar-refractivity contribution in [3.63, 3.8) is 0 Å². The fraction of sp³-hybridized carbons (Fsp3) is 0.0625. The lowest BCUT2D eigenvalue weighted by Crippen LogP contribution is -2.12. The summed E-state index contributed by atoms with van der Waals surface area (Å²) in [6, 6.07) is 12.8. The van der Waals surface area contributed by atoms with Crippen LogP contribution in [0.25, 0.3) is 10.6 Å². The Balaban J connectivity index is 1.86. The standard InChI is InChI=1S/C16H12ClN3OS/c1-10-14(15(21)20-13-4-2-3-9-18-13)22-16(19-10)11-5-7-12(17)8-6-11/h2-9H,1H3,(H,18,20,21). The second-order valence-corrected chi connectivity index (χ2v) is 6.05. The van der Waals surface area contributed by atoms with E-state index < -0.39 is 0 Å². The van der Waals surface area contributed by atoms with Gasteiger partial charge in [-0.2, -0.15) is 0 Å². The number of nitrogens with zero attached hydrogens (tertiary/aromatic N) is 2. The number of aromatic nitrogens is 2. The summed E-state index contributed by atoms with van der Waals surface area (Å²) in [7, 11) is 0. The molecule has 6 heteroatoms. The smallest absolute Gasteiger partial charge is 0.268 e. The number of carbonyl (C=O) groups is 1. The monoisotopic (exact) mass is 329 g/mol. The number of aryl methyl sites for hydroxylation is 1. The van der Waals surface area contributed by atoms with E-state index in [1.165, 1.54) is 11.3 Å². The van der Waals surface area contributed by atoms with Gasteiger partial charge in [0.1, 0.15) is 15.7 Å². The Morgan fingerprint density at radius 1 is 1.18 bits per heavy atom. The largest absolute Gasteiger partial charge is 0.306 e. The maximum absolute atomic E-state index is 12.3. The van der Waals surface area contributed by atoms with E-state index in [1.54, 1.807) is 30.5 Å². The Labute approximate surface area is 136 Å². The van der Waals surface area contributed by atoms with Gasteiger partial charge in [0.2, 0.25) is 0 Å². The zero-order valence-corrected chi connectivity index (χ0v) is 13.3. The molecule has 0 spiro atoms. The van der Waals surface area contributed by atoms with E-state index in [0.717, 1.165) is 10.6 Å². The van der Waals surface area contributed by atoms with Crippen molar-refractivity contribution in [2.75, 3.05) is 5.32 Å². The molecule has 3 aromatic rings. The van der Waals surface area contributed by atoms with Crippen molar-refractivity contribution in [2.24, 2.45) is 0 Å². The van der Waals surface area contributed by atoms with Gasteiger partial charge in [0, 0.05) is 16.8 Å². The lowest BCUT2D eigenvalue weighted by atomic mass is 10.2. The van der Waals surface area contributed by atoms with Gasteiger partial charge in [0.05, 0.1) is 5.69 Å². The number of pyridine rings is 1. The lowest BCUT2D eigenvalue weighted by molar-refractivity contribution is 0.102. The van der Waals surface area contributed by atoms with E-state index in [9.17, 15) is 4.79 Å². The van der Waals surface area contributed by atoms with Crippen molar-refractivity contribution >= 4 is 34.7 Å². The third-order valence-electron chi connectivity index (χ3n) is 3.00. The van der Waals surface area contributed by atoms with Crippen molar-refractivity contribution in [1.82, 2.24) is 9.97 Å². The molecule has 4 nitrogen and oxygen atoms in total. The fourth-order valence-corrected chi connectivity index (χ4v) is 3.03. The van der Waals surface area contributed by atoms with Gasteiger partial charge in [0.25, 0.3) is 5.91 Å². The van der Waals surface area contributed by atoms with E-state index in [2.05, 4.69) is 15.3 Å². The molecule has 0 unspecified atom stereocenters. The predicted molar refractivity (Wildman–Crippen MR) is 89.5 cm³/mol. The van der Waals surface area contributed by atoms with Crippen molar-refractivity contribution in [3.8, 4) is 10.6 Å². The van der Waals surface area contributed by atoms with Gasteiger partial charge < -0.3 is 5.32 Å². The summed E-state index contributed by atoms with van der Waals surface area (Å²) in [5.41, 5.74) is 1.64. The third-order valence-corrected chi connectivity index (χ3v) is 4.46. The first-order valence-corrected chi connectivity index (χ1v) is 7.78. The van der Waals surface area contributed by atoms with Gasteiger partial charge in [0.15, 0.2) is 0 Å². The van der Waals surface area contributed by atoms with Crippen LogP contribution < -0.4 is 5.32 Å². The second-order valence-electron chi connectivity index (χ2n) is 4.61. The maximum atomic E-state index is 12.3. The molecule has 1 N–H and O–H groups in total. The van der Waals surface area contributed by atoms with E-state index in [4.69, 9.17) is 11.6 Å². The molecule has 3 rings (SSSR count). The quantitative estimate of drug-likeness (QED) is 0.774. The van der Waals surface area contributed by atoms with Gasteiger partial charge in [-0.1, -0.05) is 29.8 Å². The molecule has 0 radical (unpaired) electrons. The number of hydrogen-bond donors (Lipinski definition) is 1. The molecule has 0 aliphatic rings. The first-order valence-electron chi connectivity index (χ1n) is 6.59. The molecule has 0 bridgehead atoms. The molecule has 22 heavy (non-hydrogen) atoms. The molecule has 2 heterocycles. The van der Waals surface area contributed by atoms with E-state index in [1.807, 2.05) is 25.1 Å². The normalized spacial score (nSPS) is 10.5. The first-order chi connectivity index (χ1) is 10.6. The Hall–Kier alpha value is -2.24. The molecule has 1 amide bonds. The average Bonchev–Trinajstić information content (AvgIpc) is 2.91. The fourth-order valence-electron chi connectivity index (χ4n) is 1.93. The number of carbonyl (C=O) groups excluding carboxylic acids is 1. The molecular formula is C16H12ClN3OS. The zero-order chi connectivity index (χ0) is 15.5. The number of nitrogens with one attached hydrogen (secondary N) is 1. The van der Waals surface area contributed by atoms with Gasteiger partial charge in [-0.05, 0) is 31.2 Å². The van der Waals surface area contributed by atoms with E-state index in [-0.39, 0.29) is 5.91 Å². The van der Waals surface area contributed by atoms with Crippen LogP contribution >= 0.6 is 22.9 Å². The van der Waals surface area contributed by atoms with Gasteiger partial charge in [-0.15, -0.1) is 11.3 Å². The minimum Gasteiger partial charge on any atom is -0.306 e. The number of hydrogen-bond acceptors (Lipinski definition) is 4. The molecule has 1 aromatic carbocycles. The summed E-state index contributed by atoms with van der Waals surface area (Å²) in [5.74, 6) is 0.322. The van der Waals surface area contributed by atoms with Crippen LogP contribution in [-0.2, 0) is 0 Å². The van der Waals surface area contributed by atoms with Gasteiger partial charge >= 0.3 is 0 Å². The first kappa shape index (κ1) is 14.7. The third kappa shape index (κ3) is 3.16. The molecule has 0 atom stereocenters. The molecule has 0 aliphatic carbocycles. The minimum absolute atomic E-state index is 0.200. The minimum atomic E-state index is -0.200. The molecule has 0 fully saturated rings. The summed E-state index contributed by atoms with van der Waals surface area (Å²) in [5, 5.41) is 4.24. The predicted octanol–water partition coefficient (Wildman–Crippen LogP) is 4.42. The van der Waals surface area contributed by atoms with Crippen LogP contribution in [-0.4, -0.2) is 15.9 Å². The lowest BCUT2D eigenvalue weighted by Gasteiger charge is -2.01. The number of anilines is 1. The van der Waals surface area contributed by atoms with Crippen molar-refractivity contribution in [2.45, 2.75) is 6.92 Å². The number of thiazole rings is 1. The van der Waals surface area contributed by atoms with Crippen LogP contribution in [0.4, 0.5) is 5.82 Å². The van der Waals surface area contributed by atoms with Crippen molar-refractivity contribution in [1.29, 1.82) is 0 Å². The topological polar surface area (TPSA) is 54.9 Å². The highest BCUT2D eigenvalue weighted by Gasteiger charge is 2.16. The van der Waals surface area contributed by atoms with Crippen molar-refractivity contribution in [3.05, 3.63) is 64.3 Å². The number of halogens is 1. The highest BCUT2D eigenvalue weighted by atomic mass is 35.5. The summed E-state index contributed by atoms with van der Waals surface area (Å²) in [6.07, 6.45) is 1.63.